The van der Waals surface area contributed by atoms with Crippen LogP contribution >= 0.6 is 11.8 Å². The lowest BCUT2D eigenvalue weighted by Gasteiger charge is -2.14. The van der Waals surface area contributed by atoms with E-state index in [9.17, 15) is 5.11 Å². The molecule has 0 saturated heterocycles. The van der Waals surface area contributed by atoms with E-state index in [1.165, 1.54) is 12.8 Å². The Morgan fingerprint density at radius 3 is 2.43 bits per heavy atom. The molecule has 0 aliphatic carbocycles. The Hall–Kier alpha value is 0.0500. The molecule has 0 aromatic rings. The van der Waals surface area contributed by atoms with Gasteiger partial charge in [-0.1, -0.05) is 47.0 Å². The molecule has 0 spiro atoms. The lowest BCUT2D eigenvalue weighted by molar-refractivity contribution is 0.208. The molecule has 1 N–H and O–H groups in total. The van der Waals surface area contributed by atoms with Crippen molar-refractivity contribution in [3.8, 4) is 0 Å². The number of aliphatic hydroxyl groups is 1. The molecule has 0 amide bonds. The van der Waals surface area contributed by atoms with E-state index in [4.69, 9.17) is 0 Å². The van der Waals surface area contributed by atoms with Crippen LogP contribution in [-0.4, -0.2) is 16.0 Å². The Morgan fingerprint density at radius 2 is 1.93 bits per heavy atom. The zero-order chi connectivity index (χ0) is 11.0. The zero-order valence-electron chi connectivity index (χ0n) is 9.92. The first-order valence-corrected chi connectivity index (χ1v) is 6.36. The van der Waals surface area contributed by atoms with E-state index >= 15 is 0 Å². The van der Waals surface area contributed by atoms with E-state index in [-0.39, 0.29) is 10.9 Å². The summed E-state index contributed by atoms with van der Waals surface area (Å²) >= 11 is 1.76. The first-order chi connectivity index (χ1) is 6.45. The van der Waals surface area contributed by atoms with Crippen molar-refractivity contribution >= 4 is 11.8 Å². The lowest BCUT2D eigenvalue weighted by Crippen LogP contribution is -2.06. The van der Waals surface area contributed by atoms with Gasteiger partial charge in [0.2, 0.25) is 0 Å². The van der Waals surface area contributed by atoms with Gasteiger partial charge in [0, 0.05) is 4.75 Å². The Labute approximate surface area is 93.0 Å². The highest BCUT2D eigenvalue weighted by Gasteiger charge is 2.07. The summed E-state index contributed by atoms with van der Waals surface area (Å²) in [7, 11) is 0. The van der Waals surface area contributed by atoms with Crippen LogP contribution in [0.2, 0.25) is 0 Å². The molecule has 14 heavy (non-hydrogen) atoms. The Bertz CT molecular complexity index is 158. The van der Waals surface area contributed by atoms with Gasteiger partial charge in [0.25, 0.3) is 0 Å². The minimum Gasteiger partial charge on any atom is -0.389 e. The van der Waals surface area contributed by atoms with Crippen LogP contribution in [0.1, 0.15) is 53.4 Å². The van der Waals surface area contributed by atoms with Crippen molar-refractivity contribution in [1.29, 1.82) is 0 Å². The average Bonchev–Trinajstić information content (AvgIpc) is 2.02. The topological polar surface area (TPSA) is 20.2 Å². The molecule has 84 valence electrons. The fourth-order valence-corrected chi connectivity index (χ4v) is 1.70. The second-order valence-corrected chi connectivity index (χ2v) is 6.35. The molecular weight excluding hydrogens is 192 g/mol. The largest absolute Gasteiger partial charge is 0.389 e. The van der Waals surface area contributed by atoms with Gasteiger partial charge in [-0.05, 0) is 17.9 Å². The van der Waals surface area contributed by atoms with Crippen LogP contribution in [0.25, 0.3) is 0 Å². The molecule has 2 heteroatoms. The van der Waals surface area contributed by atoms with Crippen LogP contribution in [0.5, 0.6) is 0 Å². The third-order valence-electron chi connectivity index (χ3n) is 1.83. The number of hydrogen-bond donors (Lipinski definition) is 1. The Kier molecular flexibility index (Phi) is 7.38. The summed E-state index contributed by atoms with van der Waals surface area (Å²) in [5, 5.41) is 11.6. The van der Waals surface area contributed by atoms with Crippen LogP contribution in [0.3, 0.4) is 0 Å². The van der Waals surface area contributed by atoms with Crippen molar-refractivity contribution in [2.45, 2.75) is 64.2 Å². The van der Waals surface area contributed by atoms with Gasteiger partial charge < -0.3 is 5.11 Å². The average molecular weight is 216 g/mol. The fourth-order valence-electron chi connectivity index (χ4n) is 1.03. The molecule has 1 atom stereocenters. The summed E-state index contributed by atoms with van der Waals surface area (Å²) in [4.78, 5) is 0. The third kappa shape index (κ3) is 10.1. The molecule has 0 saturated carbocycles. The van der Waals surface area contributed by atoms with E-state index in [1.54, 1.807) is 11.8 Å². The van der Waals surface area contributed by atoms with Gasteiger partial charge in [-0.25, -0.2) is 0 Å². The molecule has 0 aliphatic heterocycles. The summed E-state index contributed by atoms with van der Waals surface area (Å²) in [6.07, 6.45) is 6.12. The van der Waals surface area contributed by atoms with Crippen molar-refractivity contribution < 1.29 is 5.11 Å². The molecule has 1 unspecified atom stereocenters. The lowest BCUT2D eigenvalue weighted by atomic mass is 10.1. The van der Waals surface area contributed by atoms with Gasteiger partial charge >= 0.3 is 0 Å². The molecule has 0 fully saturated rings. The third-order valence-corrected chi connectivity index (χ3v) is 2.83. The minimum atomic E-state index is -0.253. The van der Waals surface area contributed by atoms with E-state index in [2.05, 4.69) is 27.7 Å². The molecule has 0 rings (SSSR count). The molecule has 0 aromatic carbocycles. The fraction of sp³-hybridized carbons (Fsp3) is 0.833. The number of rotatable bonds is 6. The summed E-state index contributed by atoms with van der Waals surface area (Å²) < 4.78 is 0.250. The number of thioether (sulfide) groups is 1. The van der Waals surface area contributed by atoms with Crippen molar-refractivity contribution in [3.05, 3.63) is 11.5 Å². The van der Waals surface area contributed by atoms with Crippen molar-refractivity contribution in [3.63, 3.8) is 0 Å². The maximum absolute atomic E-state index is 9.57. The van der Waals surface area contributed by atoms with Crippen LogP contribution < -0.4 is 0 Å². The Balaban J connectivity index is 3.55. The highest BCUT2D eigenvalue weighted by molar-refractivity contribution is 8.03. The van der Waals surface area contributed by atoms with Crippen LogP contribution in [0, 0.1) is 0 Å². The first-order valence-electron chi connectivity index (χ1n) is 5.48. The summed E-state index contributed by atoms with van der Waals surface area (Å²) in [6.45, 7) is 8.69. The van der Waals surface area contributed by atoms with Crippen LogP contribution in [0.15, 0.2) is 11.5 Å². The quantitative estimate of drug-likeness (QED) is 0.678. The van der Waals surface area contributed by atoms with Crippen molar-refractivity contribution in [1.82, 2.24) is 0 Å². The second-order valence-electron chi connectivity index (χ2n) is 4.62. The summed E-state index contributed by atoms with van der Waals surface area (Å²) in [6, 6.07) is 0. The van der Waals surface area contributed by atoms with Crippen LogP contribution in [0.4, 0.5) is 0 Å². The Morgan fingerprint density at radius 1 is 1.29 bits per heavy atom. The van der Waals surface area contributed by atoms with Gasteiger partial charge in [-0.15, -0.1) is 11.8 Å². The van der Waals surface area contributed by atoms with Crippen molar-refractivity contribution in [2.75, 3.05) is 0 Å². The van der Waals surface area contributed by atoms with Crippen LogP contribution in [-0.2, 0) is 0 Å². The normalized spacial score (nSPS) is 14.9. The predicted molar refractivity (Wildman–Crippen MR) is 66.6 cm³/mol. The smallest absolute Gasteiger partial charge is 0.0728 e. The molecule has 0 bridgehead atoms. The van der Waals surface area contributed by atoms with Gasteiger partial charge in [-0.2, -0.15) is 0 Å². The van der Waals surface area contributed by atoms with Gasteiger partial charge in [-0.3, -0.25) is 0 Å². The highest BCUT2D eigenvalue weighted by atomic mass is 32.2. The summed E-state index contributed by atoms with van der Waals surface area (Å²) in [5.41, 5.74) is 0. The minimum absolute atomic E-state index is 0.250. The monoisotopic (exact) mass is 216 g/mol. The van der Waals surface area contributed by atoms with Gasteiger partial charge in [0.1, 0.15) is 0 Å². The number of aliphatic hydroxyl groups excluding tert-OH is 1. The SMILES string of the molecule is CCCCCC(O)C=CSC(C)(C)C. The molecular formula is C12H24OS. The molecule has 0 radical (unpaired) electrons. The molecule has 0 heterocycles. The maximum Gasteiger partial charge on any atom is 0.0728 e. The van der Waals surface area contributed by atoms with E-state index in [0.717, 1.165) is 12.8 Å². The maximum atomic E-state index is 9.57. The predicted octanol–water partition coefficient (Wildman–Crippen LogP) is 3.97. The van der Waals surface area contributed by atoms with E-state index in [0.29, 0.717) is 0 Å². The number of hydrogen-bond acceptors (Lipinski definition) is 2. The number of unbranched alkanes of at least 4 members (excludes halogenated alkanes) is 2. The zero-order valence-corrected chi connectivity index (χ0v) is 10.7. The van der Waals surface area contributed by atoms with Gasteiger partial charge in [0.05, 0.1) is 6.10 Å². The van der Waals surface area contributed by atoms with Crippen molar-refractivity contribution in [2.24, 2.45) is 0 Å². The molecule has 0 aliphatic rings. The summed E-state index contributed by atoms with van der Waals surface area (Å²) in [5.74, 6) is 0. The highest BCUT2D eigenvalue weighted by Crippen LogP contribution is 2.24. The van der Waals surface area contributed by atoms with E-state index < -0.39 is 0 Å². The first kappa shape index (κ1) is 14.1. The van der Waals surface area contributed by atoms with Gasteiger partial charge in [0.15, 0.2) is 0 Å². The second kappa shape index (κ2) is 7.36. The molecule has 1 nitrogen and oxygen atoms in total. The van der Waals surface area contributed by atoms with E-state index in [1.807, 2.05) is 11.5 Å². The standard InChI is InChI=1S/C12H24OS/c1-5-6-7-8-11(13)9-10-14-12(2,3)4/h9-11,13H,5-8H2,1-4H3. The molecule has 0 aromatic heterocycles.